The molecular formula is C18H18F3NO4. The van der Waals surface area contributed by atoms with Gasteiger partial charge in [0.2, 0.25) is 0 Å². The number of methoxy groups -OCH3 is 1. The van der Waals surface area contributed by atoms with Gasteiger partial charge in [-0.2, -0.15) is 0 Å². The van der Waals surface area contributed by atoms with Crippen LogP contribution in [0.25, 0.3) is 0 Å². The van der Waals surface area contributed by atoms with Crippen molar-refractivity contribution in [3.8, 4) is 17.2 Å². The molecular weight excluding hydrogens is 351 g/mol. The molecule has 2 rings (SSSR count). The molecule has 1 N–H and O–H groups in total. The second-order valence-electron chi connectivity index (χ2n) is 5.26. The Morgan fingerprint density at radius 1 is 1.08 bits per heavy atom. The van der Waals surface area contributed by atoms with Crippen LogP contribution in [0.5, 0.6) is 17.2 Å². The van der Waals surface area contributed by atoms with Crippen molar-refractivity contribution in [3.63, 3.8) is 0 Å². The second kappa shape index (κ2) is 8.46. The first-order valence-corrected chi connectivity index (χ1v) is 7.78. The predicted molar refractivity (Wildman–Crippen MR) is 89.5 cm³/mol. The van der Waals surface area contributed by atoms with Crippen molar-refractivity contribution < 1.29 is 32.2 Å². The van der Waals surface area contributed by atoms with Gasteiger partial charge in [0.15, 0.2) is 6.10 Å². The number of nitrogens with one attached hydrogen (secondary N) is 1. The third-order valence-corrected chi connectivity index (χ3v) is 3.34. The maximum Gasteiger partial charge on any atom is 0.573 e. The van der Waals surface area contributed by atoms with Gasteiger partial charge < -0.3 is 19.5 Å². The van der Waals surface area contributed by atoms with Crippen LogP contribution in [0.15, 0.2) is 48.5 Å². The minimum Gasteiger partial charge on any atom is -0.497 e. The first-order chi connectivity index (χ1) is 12.3. The molecule has 0 spiro atoms. The van der Waals surface area contributed by atoms with Crippen LogP contribution in [-0.4, -0.2) is 25.5 Å². The van der Waals surface area contributed by atoms with Crippen molar-refractivity contribution in [3.05, 3.63) is 48.5 Å². The number of hydrogen-bond donors (Lipinski definition) is 1. The molecule has 140 valence electrons. The van der Waals surface area contributed by atoms with Crippen molar-refractivity contribution in [1.29, 1.82) is 0 Å². The number of alkyl halides is 3. The van der Waals surface area contributed by atoms with Gasteiger partial charge in [0.25, 0.3) is 5.91 Å². The Labute approximate surface area is 148 Å². The van der Waals surface area contributed by atoms with E-state index in [0.29, 0.717) is 23.6 Å². The van der Waals surface area contributed by atoms with E-state index in [1.807, 2.05) is 0 Å². The molecule has 0 saturated carbocycles. The number of hydrogen-bond acceptors (Lipinski definition) is 4. The van der Waals surface area contributed by atoms with Gasteiger partial charge in [0.05, 0.1) is 7.11 Å². The lowest BCUT2D eigenvalue weighted by Crippen LogP contribution is -2.32. The van der Waals surface area contributed by atoms with Crippen LogP contribution in [0.4, 0.5) is 18.9 Å². The molecule has 2 aromatic carbocycles. The Kier molecular flexibility index (Phi) is 6.32. The molecule has 0 heterocycles. The van der Waals surface area contributed by atoms with Gasteiger partial charge in [-0.15, -0.1) is 13.2 Å². The highest BCUT2D eigenvalue weighted by Gasteiger charge is 2.31. The van der Waals surface area contributed by atoms with Crippen LogP contribution < -0.4 is 19.5 Å². The van der Waals surface area contributed by atoms with E-state index in [9.17, 15) is 18.0 Å². The van der Waals surface area contributed by atoms with Gasteiger partial charge >= 0.3 is 6.36 Å². The van der Waals surface area contributed by atoms with Crippen LogP contribution >= 0.6 is 0 Å². The van der Waals surface area contributed by atoms with Crippen molar-refractivity contribution in [1.82, 2.24) is 0 Å². The molecule has 0 aromatic heterocycles. The van der Waals surface area contributed by atoms with Crippen LogP contribution in [0.2, 0.25) is 0 Å². The van der Waals surface area contributed by atoms with E-state index >= 15 is 0 Å². The number of amides is 1. The van der Waals surface area contributed by atoms with Crippen molar-refractivity contribution >= 4 is 11.6 Å². The van der Waals surface area contributed by atoms with Crippen LogP contribution in [0.3, 0.4) is 0 Å². The number of carbonyl (C=O) groups excluding carboxylic acids is 1. The van der Waals surface area contributed by atoms with Gasteiger partial charge in [-0.05, 0) is 42.8 Å². The van der Waals surface area contributed by atoms with Crippen LogP contribution in [0, 0.1) is 0 Å². The van der Waals surface area contributed by atoms with Crippen molar-refractivity contribution in [2.24, 2.45) is 0 Å². The van der Waals surface area contributed by atoms with E-state index < -0.39 is 18.4 Å². The molecule has 0 radical (unpaired) electrons. The largest absolute Gasteiger partial charge is 0.573 e. The molecule has 0 saturated heterocycles. The van der Waals surface area contributed by atoms with Gasteiger partial charge in [-0.25, -0.2) is 0 Å². The summed E-state index contributed by atoms with van der Waals surface area (Å²) in [6, 6.07) is 11.7. The maximum atomic E-state index is 12.3. The summed E-state index contributed by atoms with van der Waals surface area (Å²) in [6.45, 7) is 1.78. The molecule has 8 heteroatoms. The number of ether oxygens (including phenoxy) is 3. The van der Waals surface area contributed by atoms with Gasteiger partial charge in [-0.3, -0.25) is 4.79 Å². The number of benzene rings is 2. The highest BCUT2D eigenvalue weighted by Crippen LogP contribution is 2.24. The molecule has 0 aliphatic carbocycles. The third-order valence-electron chi connectivity index (χ3n) is 3.34. The first kappa shape index (κ1) is 19.4. The summed E-state index contributed by atoms with van der Waals surface area (Å²) in [4.78, 5) is 12.3. The second-order valence-corrected chi connectivity index (χ2v) is 5.26. The fraction of sp³-hybridized carbons (Fsp3) is 0.278. The zero-order valence-electron chi connectivity index (χ0n) is 14.2. The fourth-order valence-corrected chi connectivity index (χ4v) is 2.12. The van der Waals surface area contributed by atoms with E-state index in [1.54, 1.807) is 31.2 Å². The molecule has 0 unspecified atom stereocenters. The van der Waals surface area contributed by atoms with E-state index in [1.165, 1.54) is 19.2 Å². The maximum absolute atomic E-state index is 12.3. The molecule has 1 atom stereocenters. The Balaban J connectivity index is 2.00. The summed E-state index contributed by atoms with van der Waals surface area (Å²) in [5, 5.41) is 2.60. The lowest BCUT2D eigenvalue weighted by Gasteiger charge is -2.18. The lowest BCUT2D eigenvalue weighted by molar-refractivity contribution is -0.274. The van der Waals surface area contributed by atoms with E-state index in [0.717, 1.165) is 12.1 Å². The zero-order valence-corrected chi connectivity index (χ0v) is 14.2. The topological polar surface area (TPSA) is 56.8 Å². The lowest BCUT2D eigenvalue weighted by atomic mass is 10.2. The summed E-state index contributed by atoms with van der Waals surface area (Å²) < 4.78 is 51.0. The monoisotopic (exact) mass is 369 g/mol. The minimum atomic E-state index is -4.76. The summed E-state index contributed by atoms with van der Waals surface area (Å²) in [7, 11) is 1.52. The molecule has 2 aromatic rings. The highest BCUT2D eigenvalue weighted by atomic mass is 19.4. The molecule has 0 bridgehead atoms. The molecule has 0 fully saturated rings. The molecule has 5 nitrogen and oxygen atoms in total. The average molecular weight is 369 g/mol. The number of anilines is 1. The Morgan fingerprint density at radius 2 is 1.73 bits per heavy atom. The smallest absolute Gasteiger partial charge is 0.497 e. The number of carbonyl (C=O) groups is 1. The standard InChI is InChI=1S/C18H18F3NO4/c1-3-16(25-15-6-4-5-14(11-15)24-2)17(23)22-12-7-9-13(10-8-12)26-18(19,20)21/h4-11,16H,3H2,1-2H3,(H,22,23)/t16-/m1/s1. The summed E-state index contributed by atoms with van der Waals surface area (Å²) in [6.07, 6.45) is -5.13. The summed E-state index contributed by atoms with van der Waals surface area (Å²) >= 11 is 0. The number of halogens is 3. The number of rotatable bonds is 7. The molecule has 0 aliphatic rings. The zero-order chi connectivity index (χ0) is 19.2. The normalized spacial score (nSPS) is 12.2. The molecule has 0 aliphatic heterocycles. The van der Waals surface area contributed by atoms with Gasteiger partial charge in [0, 0.05) is 11.8 Å². The third kappa shape index (κ3) is 5.87. The van der Waals surface area contributed by atoms with Gasteiger partial charge in [0.1, 0.15) is 17.2 Å². The fourth-order valence-electron chi connectivity index (χ4n) is 2.12. The van der Waals surface area contributed by atoms with E-state index in [2.05, 4.69) is 10.1 Å². The SMILES string of the molecule is CC[C@@H](Oc1cccc(OC)c1)C(=O)Nc1ccc(OC(F)(F)F)cc1. The van der Waals surface area contributed by atoms with Gasteiger partial charge in [-0.1, -0.05) is 13.0 Å². The highest BCUT2D eigenvalue weighted by molar-refractivity contribution is 5.94. The van der Waals surface area contributed by atoms with E-state index in [4.69, 9.17) is 9.47 Å². The predicted octanol–water partition coefficient (Wildman–Crippen LogP) is 4.39. The Hall–Kier alpha value is -2.90. The van der Waals surface area contributed by atoms with Crippen LogP contribution in [-0.2, 0) is 4.79 Å². The summed E-state index contributed by atoms with van der Waals surface area (Å²) in [5.74, 6) is 0.285. The van der Waals surface area contributed by atoms with Crippen LogP contribution in [0.1, 0.15) is 13.3 Å². The van der Waals surface area contributed by atoms with Crippen molar-refractivity contribution in [2.75, 3.05) is 12.4 Å². The molecule has 1 amide bonds. The average Bonchev–Trinajstić information content (AvgIpc) is 2.60. The summed E-state index contributed by atoms with van der Waals surface area (Å²) in [5.41, 5.74) is 0.331. The molecule has 26 heavy (non-hydrogen) atoms. The quantitative estimate of drug-likeness (QED) is 0.786. The van der Waals surface area contributed by atoms with Crippen molar-refractivity contribution in [2.45, 2.75) is 25.8 Å². The van der Waals surface area contributed by atoms with E-state index in [-0.39, 0.29) is 5.75 Å². The minimum absolute atomic E-state index is 0.331. The Bertz CT molecular complexity index is 732. The first-order valence-electron chi connectivity index (χ1n) is 7.78. The Morgan fingerprint density at radius 3 is 2.31 bits per heavy atom.